The van der Waals surface area contributed by atoms with Crippen LogP contribution in [-0.4, -0.2) is 31.1 Å². The van der Waals surface area contributed by atoms with E-state index in [4.69, 9.17) is 4.74 Å². The maximum absolute atomic E-state index is 12.7. The van der Waals surface area contributed by atoms with E-state index < -0.39 is 0 Å². The van der Waals surface area contributed by atoms with Gasteiger partial charge in [-0.2, -0.15) is 0 Å². The summed E-state index contributed by atoms with van der Waals surface area (Å²) in [6.07, 6.45) is 2.41. The van der Waals surface area contributed by atoms with Gasteiger partial charge in [0, 0.05) is 19.8 Å². The lowest BCUT2D eigenvalue weighted by Gasteiger charge is -2.21. The van der Waals surface area contributed by atoms with Gasteiger partial charge in [-0.25, -0.2) is 4.98 Å². The minimum Gasteiger partial charge on any atom is -0.491 e. The number of rotatable bonds is 2. The predicted molar refractivity (Wildman–Crippen MR) is 82.0 cm³/mol. The number of benzene rings is 1. The molecule has 1 aliphatic rings. The number of nitrogens with one attached hydrogen (secondary N) is 1. The molecular formula is C16H17N3O2. The van der Waals surface area contributed by atoms with Gasteiger partial charge in [-0.05, 0) is 30.7 Å². The Kier molecular flexibility index (Phi) is 3.73. The molecule has 21 heavy (non-hydrogen) atoms. The molecule has 1 amide bonds. The molecule has 1 aromatic carbocycles. The Hall–Kier alpha value is -2.56. The quantitative estimate of drug-likeness (QED) is 0.920. The fourth-order valence-electron chi connectivity index (χ4n) is 2.36. The zero-order chi connectivity index (χ0) is 14.7. The Morgan fingerprint density at radius 1 is 1.29 bits per heavy atom. The van der Waals surface area contributed by atoms with Gasteiger partial charge in [0.2, 0.25) is 0 Å². The molecule has 0 saturated heterocycles. The van der Waals surface area contributed by atoms with Gasteiger partial charge in [-0.15, -0.1) is 0 Å². The zero-order valence-electron chi connectivity index (χ0n) is 11.9. The number of aromatic nitrogens is 1. The predicted octanol–water partition coefficient (Wildman–Crippen LogP) is 2.55. The van der Waals surface area contributed by atoms with Crippen molar-refractivity contribution in [2.75, 3.05) is 30.4 Å². The highest BCUT2D eigenvalue weighted by Crippen LogP contribution is 2.31. The van der Waals surface area contributed by atoms with Crippen LogP contribution in [-0.2, 0) is 0 Å². The van der Waals surface area contributed by atoms with Crippen LogP contribution in [0.25, 0.3) is 0 Å². The molecule has 0 spiro atoms. The molecule has 0 aliphatic carbocycles. The first-order valence-electron chi connectivity index (χ1n) is 6.97. The van der Waals surface area contributed by atoms with Gasteiger partial charge in [0.15, 0.2) is 0 Å². The third-order valence-corrected chi connectivity index (χ3v) is 3.45. The average molecular weight is 283 g/mol. The number of para-hydroxylation sites is 2. The summed E-state index contributed by atoms with van der Waals surface area (Å²) in [6, 6.07) is 11.2. The minimum absolute atomic E-state index is 0.0527. The monoisotopic (exact) mass is 283 g/mol. The van der Waals surface area contributed by atoms with Crippen LogP contribution in [0.5, 0.6) is 5.75 Å². The van der Waals surface area contributed by atoms with Crippen LogP contribution in [0.15, 0.2) is 42.6 Å². The van der Waals surface area contributed by atoms with Gasteiger partial charge in [0.05, 0.1) is 17.9 Å². The minimum atomic E-state index is -0.0527. The van der Waals surface area contributed by atoms with Crippen LogP contribution >= 0.6 is 0 Å². The van der Waals surface area contributed by atoms with Gasteiger partial charge in [-0.3, -0.25) is 4.79 Å². The van der Waals surface area contributed by atoms with Crippen LogP contribution in [0.1, 0.15) is 16.8 Å². The van der Waals surface area contributed by atoms with Crippen molar-refractivity contribution in [1.29, 1.82) is 0 Å². The summed E-state index contributed by atoms with van der Waals surface area (Å²) < 4.78 is 5.68. The number of carbonyl (C=O) groups is 1. The number of anilines is 2. The van der Waals surface area contributed by atoms with Crippen LogP contribution < -0.4 is 15.0 Å². The average Bonchev–Trinajstić information content (AvgIpc) is 2.77. The van der Waals surface area contributed by atoms with Crippen molar-refractivity contribution in [2.45, 2.75) is 6.42 Å². The summed E-state index contributed by atoms with van der Waals surface area (Å²) in [5, 5.41) is 2.94. The van der Waals surface area contributed by atoms with E-state index in [9.17, 15) is 4.79 Å². The lowest BCUT2D eigenvalue weighted by molar-refractivity contribution is 0.0987. The van der Waals surface area contributed by atoms with Gasteiger partial charge in [0.1, 0.15) is 11.6 Å². The highest BCUT2D eigenvalue weighted by atomic mass is 16.5. The molecule has 1 N–H and O–H groups in total. The van der Waals surface area contributed by atoms with E-state index in [2.05, 4.69) is 10.3 Å². The second kappa shape index (κ2) is 5.83. The summed E-state index contributed by atoms with van der Waals surface area (Å²) >= 11 is 0. The maximum Gasteiger partial charge on any atom is 0.259 e. The highest BCUT2D eigenvalue weighted by Gasteiger charge is 2.23. The number of hydrogen-bond donors (Lipinski definition) is 1. The molecule has 0 unspecified atom stereocenters. The Labute approximate surface area is 123 Å². The molecular weight excluding hydrogens is 266 g/mol. The van der Waals surface area contributed by atoms with Gasteiger partial charge >= 0.3 is 0 Å². The molecule has 0 radical (unpaired) electrons. The smallest absolute Gasteiger partial charge is 0.259 e. The van der Waals surface area contributed by atoms with Crippen LogP contribution in [0.2, 0.25) is 0 Å². The zero-order valence-corrected chi connectivity index (χ0v) is 11.9. The van der Waals surface area contributed by atoms with Crippen molar-refractivity contribution in [3.05, 3.63) is 48.2 Å². The number of carbonyl (C=O) groups excluding carboxylic acids is 1. The number of nitrogens with zero attached hydrogens (tertiary/aromatic N) is 2. The molecule has 108 valence electrons. The normalized spacial score (nSPS) is 13.9. The SMILES string of the molecule is CNc1ccc(C(=O)N2CCCOc3ccccc32)cn1. The molecule has 2 heterocycles. The summed E-state index contributed by atoms with van der Waals surface area (Å²) in [4.78, 5) is 18.7. The van der Waals surface area contributed by atoms with Crippen molar-refractivity contribution >= 4 is 17.4 Å². The Morgan fingerprint density at radius 3 is 2.90 bits per heavy atom. The van der Waals surface area contributed by atoms with Gasteiger partial charge < -0.3 is 15.0 Å². The van der Waals surface area contributed by atoms with Crippen molar-refractivity contribution in [1.82, 2.24) is 4.98 Å². The molecule has 0 saturated carbocycles. The topological polar surface area (TPSA) is 54.5 Å². The Bertz CT molecular complexity index is 640. The molecule has 5 nitrogen and oxygen atoms in total. The van der Waals surface area contributed by atoms with E-state index in [1.54, 1.807) is 30.3 Å². The number of amides is 1. The molecule has 0 atom stereocenters. The second-order valence-corrected chi connectivity index (χ2v) is 4.81. The van der Waals surface area contributed by atoms with Gasteiger partial charge in [0.25, 0.3) is 5.91 Å². The Morgan fingerprint density at radius 2 is 2.14 bits per heavy atom. The summed E-state index contributed by atoms with van der Waals surface area (Å²) in [6.45, 7) is 1.27. The summed E-state index contributed by atoms with van der Waals surface area (Å²) in [5.74, 6) is 1.44. The fourth-order valence-corrected chi connectivity index (χ4v) is 2.36. The molecule has 1 aromatic heterocycles. The first-order valence-corrected chi connectivity index (χ1v) is 6.97. The number of hydrogen-bond acceptors (Lipinski definition) is 4. The van der Waals surface area contributed by atoms with E-state index in [1.807, 2.05) is 24.3 Å². The molecule has 0 bridgehead atoms. The summed E-state index contributed by atoms with van der Waals surface area (Å²) in [5.41, 5.74) is 1.39. The van der Waals surface area contributed by atoms with E-state index in [0.717, 1.165) is 23.7 Å². The first kappa shape index (κ1) is 13.4. The van der Waals surface area contributed by atoms with Crippen LogP contribution in [0.4, 0.5) is 11.5 Å². The molecule has 0 fully saturated rings. The largest absolute Gasteiger partial charge is 0.491 e. The van der Waals surface area contributed by atoms with E-state index in [0.29, 0.717) is 18.7 Å². The van der Waals surface area contributed by atoms with E-state index in [-0.39, 0.29) is 5.91 Å². The highest BCUT2D eigenvalue weighted by molar-refractivity contribution is 6.06. The van der Waals surface area contributed by atoms with Crippen molar-refractivity contribution in [2.24, 2.45) is 0 Å². The summed E-state index contributed by atoms with van der Waals surface area (Å²) in [7, 11) is 1.80. The molecule has 5 heteroatoms. The first-order chi connectivity index (χ1) is 10.3. The number of fused-ring (bicyclic) bond motifs is 1. The molecule has 1 aliphatic heterocycles. The third-order valence-electron chi connectivity index (χ3n) is 3.45. The third kappa shape index (κ3) is 2.67. The van der Waals surface area contributed by atoms with Crippen molar-refractivity contribution in [3.63, 3.8) is 0 Å². The van der Waals surface area contributed by atoms with Crippen LogP contribution in [0.3, 0.4) is 0 Å². The Balaban J connectivity index is 1.93. The standard InChI is InChI=1S/C16H17N3O2/c1-17-15-8-7-12(11-18-15)16(20)19-9-4-10-21-14-6-3-2-5-13(14)19/h2-3,5-8,11H,4,9-10H2,1H3,(H,17,18). The van der Waals surface area contributed by atoms with E-state index in [1.165, 1.54) is 0 Å². The molecule has 3 rings (SSSR count). The van der Waals surface area contributed by atoms with E-state index >= 15 is 0 Å². The number of ether oxygens (including phenoxy) is 1. The van der Waals surface area contributed by atoms with Crippen molar-refractivity contribution in [3.8, 4) is 5.75 Å². The number of pyridine rings is 1. The lowest BCUT2D eigenvalue weighted by Crippen LogP contribution is -2.31. The van der Waals surface area contributed by atoms with Crippen LogP contribution in [0, 0.1) is 0 Å². The maximum atomic E-state index is 12.7. The van der Waals surface area contributed by atoms with Gasteiger partial charge in [-0.1, -0.05) is 12.1 Å². The fraction of sp³-hybridized carbons (Fsp3) is 0.250. The van der Waals surface area contributed by atoms with Crippen molar-refractivity contribution < 1.29 is 9.53 Å². The second-order valence-electron chi connectivity index (χ2n) is 4.81. The molecule has 2 aromatic rings. The lowest BCUT2D eigenvalue weighted by atomic mass is 10.2.